The van der Waals surface area contributed by atoms with Crippen LogP contribution in [0.3, 0.4) is 0 Å². The summed E-state index contributed by atoms with van der Waals surface area (Å²) in [6, 6.07) is 6.67. The number of rotatable bonds is 2. The molecule has 1 aliphatic carbocycles. The Hall–Kier alpha value is -1.89. The Morgan fingerprint density at radius 3 is 2.50 bits per heavy atom. The molecule has 0 bridgehead atoms. The molecule has 0 aliphatic heterocycles. The fourth-order valence-electron chi connectivity index (χ4n) is 2.69. The lowest BCUT2D eigenvalue weighted by molar-refractivity contribution is -0.123. The fourth-order valence-corrected chi connectivity index (χ4v) is 2.69. The lowest BCUT2D eigenvalue weighted by Gasteiger charge is -2.23. The van der Waals surface area contributed by atoms with Crippen molar-refractivity contribution in [1.29, 1.82) is 5.26 Å². The number of anilines is 1. The number of halogens is 1. The van der Waals surface area contributed by atoms with Crippen LogP contribution in [0.25, 0.3) is 0 Å². The van der Waals surface area contributed by atoms with Crippen molar-refractivity contribution in [2.24, 2.45) is 5.41 Å². The molecule has 1 aromatic rings. The quantitative estimate of drug-likeness (QED) is 0.830. The number of nitriles is 1. The molecule has 0 aromatic heterocycles. The van der Waals surface area contributed by atoms with Gasteiger partial charge in [0.05, 0.1) is 6.07 Å². The van der Waals surface area contributed by atoms with Gasteiger partial charge in [-0.1, -0.05) is 25.7 Å². The molecule has 0 saturated heterocycles. The second-order valence-corrected chi connectivity index (χ2v) is 5.53. The minimum atomic E-state index is -0.932. The molecule has 1 N–H and O–H groups in total. The van der Waals surface area contributed by atoms with E-state index >= 15 is 0 Å². The van der Waals surface area contributed by atoms with Crippen LogP contribution in [0.15, 0.2) is 18.2 Å². The highest BCUT2D eigenvalue weighted by Crippen LogP contribution is 2.35. The van der Waals surface area contributed by atoms with E-state index < -0.39 is 5.41 Å². The number of benzene rings is 1. The van der Waals surface area contributed by atoms with Crippen LogP contribution < -0.4 is 5.32 Å². The number of carbonyl (C=O) groups excluding carboxylic acids is 1. The highest BCUT2D eigenvalue weighted by atomic mass is 19.1. The van der Waals surface area contributed by atoms with Gasteiger partial charge in [-0.15, -0.1) is 0 Å². The van der Waals surface area contributed by atoms with E-state index in [-0.39, 0.29) is 11.7 Å². The normalized spacial score (nSPS) is 17.9. The average Bonchev–Trinajstić information content (AvgIpc) is 2.69. The van der Waals surface area contributed by atoms with E-state index in [0.717, 1.165) is 25.7 Å². The van der Waals surface area contributed by atoms with E-state index in [9.17, 15) is 14.4 Å². The van der Waals surface area contributed by atoms with Gasteiger partial charge >= 0.3 is 0 Å². The summed E-state index contributed by atoms with van der Waals surface area (Å²) in [5, 5.41) is 12.2. The van der Waals surface area contributed by atoms with E-state index in [0.29, 0.717) is 24.1 Å². The van der Waals surface area contributed by atoms with Gasteiger partial charge in [-0.2, -0.15) is 5.26 Å². The second-order valence-electron chi connectivity index (χ2n) is 5.53. The van der Waals surface area contributed by atoms with E-state index in [1.165, 1.54) is 12.1 Å². The van der Waals surface area contributed by atoms with Crippen LogP contribution in [0.5, 0.6) is 0 Å². The van der Waals surface area contributed by atoms with E-state index in [1.54, 1.807) is 13.0 Å². The zero-order chi connectivity index (χ0) is 14.6. The van der Waals surface area contributed by atoms with Crippen LogP contribution in [0.1, 0.15) is 44.1 Å². The minimum absolute atomic E-state index is 0.257. The summed E-state index contributed by atoms with van der Waals surface area (Å²) in [6.07, 6.45) is 5.18. The molecule has 0 atom stereocenters. The van der Waals surface area contributed by atoms with E-state index in [1.807, 2.05) is 0 Å². The van der Waals surface area contributed by atoms with Crippen LogP contribution >= 0.6 is 0 Å². The van der Waals surface area contributed by atoms with Gasteiger partial charge in [0.2, 0.25) is 5.91 Å². The van der Waals surface area contributed by atoms with Crippen molar-refractivity contribution in [3.8, 4) is 6.07 Å². The van der Waals surface area contributed by atoms with Crippen molar-refractivity contribution in [3.63, 3.8) is 0 Å². The Balaban J connectivity index is 2.16. The topological polar surface area (TPSA) is 52.9 Å². The van der Waals surface area contributed by atoms with Gasteiger partial charge in [0.25, 0.3) is 0 Å². The molecule has 20 heavy (non-hydrogen) atoms. The number of carbonyl (C=O) groups is 1. The molecule has 1 aliphatic rings. The van der Waals surface area contributed by atoms with Gasteiger partial charge in [-0.3, -0.25) is 4.79 Å². The first-order valence-electron chi connectivity index (χ1n) is 7.06. The molecule has 1 amide bonds. The number of amides is 1. The number of hydrogen-bond acceptors (Lipinski definition) is 2. The first-order chi connectivity index (χ1) is 9.57. The van der Waals surface area contributed by atoms with Crippen LogP contribution in [-0.2, 0) is 4.79 Å². The minimum Gasteiger partial charge on any atom is -0.325 e. The Labute approximate surface area is 118 Å². The van der Waals surface area contributed by atoms with Crippen molar-refractivity contribution < 1.29 is 9.18 Å². The molecule has 0 spiro atoms. The van der Waals surface area contributed by atoms with Gasteiger partial charge in [-0.05, 0) is 43.5 Å². The van der Waals surface area contributed by atoms with Crippen LogP contribution in [0.4, 0.5) is 10.1 Å². The first kappa shape index (κ1) is 14.5. The van der Waals surface area contributed by atoms with E-state index in [4.69, 9.17) is 0 Å². The number of nitrogens with one attached hydrogen (secondary N) is 1. The Bertz CT molecular complexity index is 540. The molecule has 0 heterocycles. The number of hydrogen-bond donors (Lipinski definition) is 1. The van der Waals surface area contributed by atoms with Gasteiger partial charge in [0.1, 0.15) is 11.2 Å². The van der Waals surface area contributed by atoms with Crippen LogP contribution in [-0.4, -0.2) is 5.91 Å². The van der Waals surface area contributed by atoms with Crippen molar-refractivity contribution in [3.05, 3.63) is 29.6 Å². The Morgan fingerprint density at radius 1 is 1.30 bits per heavy atom. The zero-order valence-electron chi connectivity index (χ0n) is 11.7. The van der Waals surface area contributed by atoms with Gasteiger partial charge < -0.3 is 5.32 Å². The monoisotopic (exact) mass is 274 g/mol. The van der Waals surface area contributed by atoms with Crippen molar-refractivity contribution in [2.75, 3.05) is 5.32 Å². The second kappa shape index (κ2) is 6.04. The Morgan fingerprint density at radius 2 is 1.95 bits per heavy atom. The van der Waals surface area contributed by atoms with Gasteiger partial charge in [-0.25, -0.2) is 4.39 Å². The molecule has 1 fully saturated rings. The third-order valence-electron chi connectivity index (χ3n) is 4.02. The molecule has 0 unspecified atom stereocenters. The highest BCUT2D eigenvalue weighted by molar-refractivity contribution is 5.97. The number of nitrogens with zero attached hydrogens (tertiary/aromatic N) is 1. The smallest absolute Gasteiger partial charge is 0.244 e. The maximum atomic E-state index is 13.2. The summed E-state index contributed by atoms with van der Waals surface area (Å²) >= 11 is 0. The first-order valence-corrected chi connectivity index (χ1v) is 7.06. The summed E-state index contributed by atoms with van der Waals surface area (Å²) < 4.78 is 13.2. The number of aryl methyl sites for hydroxylation is 1. The summed E-state index contributed by atoms with van der Waals surface area (Å²) in [5.74, 6) is -0.555. The zero-order valence-corrected chi connectivity index (χ0v) is 11.7. The molecular formula is C16H19FN2O. The molecule has 106 valence electrons. The summed E-state index contributed by atoms with van der Waals surface area (Å²) in [5.41, 5.74) is 0.0983. The van der Waals surface area contributed by atoms with Gasteiger partial charge in [0, 0.05) is 5.69 Å². The lowest BCUT2D eigenvalue weighted by atomic mass is 9.81. The lowest BCUT2D eigenvalue weighted by Crippen LogP contribution is -2.34. The summed E-state index contributed by atoms with van der Waals surface area (Å²) in [4.78, 5) is 12.4. The highest BCUT2D eigenvalue weighted by Gasteiger charge is 2.38. The molecule has 4 heteroatoms. The third-order valence-corrected chi connectivity index (χ3v) is 4.02. The van der Waals surface area contributed by atoms with Crippen LogP contribution in [0, 0.1) is 29.5 Å². The molecule has 0 radical (unpaired) electrons. The maximum Gasteiger partial charge on any atom is 0.244 e. The predicted molar refractivity (Wildman–Crippen MR) is 75.5 cm³/mol. The van der Waals surface area contributed by atoms with Crippen molar-refractivity contribution >= 4 is 11.6 Å². The largest absolute Gasteiger partial charge is 0.325 e. The fraction of sp³-hybridized carbons (Fsp3) is 0.500. The van der Waals surface area contributed by atoms with Crippen molar-refractivity contribution in [2.45, 2.75) is 45.4 Å². The standard InChI is InChI=1S/C16H19FN2O/c1-12-10-13(6-7-14(12)17)19-15(20)16(11-18)8-4-2-3-5-9-16/h6-7,10H,2-5,8-9H2,1H3,(H,19,20). The van der Waals surface area contributed by atoms with Crippen LogP contribution in [0.2, 0.25) is 0 Å². The summed E-state index contributed by atoms with van der Waals surface area (Å²) in [6.45, 7) is 1.65. The third kappa shape index (κ3) is 2.98. The predicted octanol–water partition coefficient (Wildman–Crippen LogP) is 3.94. The van der Waals surface area contributed by atoms with E-state index in [2.05, 4.69) is 11.4 Å². The molecular weight excluding hydrogens is 255 g/mol. The maximum absolute atomic E-state index is 13.2. The van der Waals surface area contributed by atoms with Crippen molar-refractivity contribution in [1.82, 2.24) is 0 Å². The summed E-state index contributed by atoms with van der Waals surface area (Å²) in [7, 11) is 0. The molecule has 2 rings (SSSR count). The Kier molecular flexibility index (Phi) is 4.39. The average molecular weight is 274 g/mol. The molecule has 1 saturated carbocycles. The van der Waals surface area contributed by atoms with Gasteiger partial charge in [0.15, 0.2) is 0 Å². The molecule has 1 aromatic carbocycles. The molecule has 3 nitrogen and oxygen atoms in total. The SMILES string of the molecule is Cc1cc(NC(=O)C2(C#N)CCCCCC2)ccc1F.